The largest absolute Gasteiger partial charge is 0.447 e. The molecular weight excluding hydrogens is 396 g/mol. The maximum atomic E-state index is 12.2. The summed E-state index contributed by atoms with van der Waals surface area (Å²) in [4.78, 5) is 21.4. The molecule has 0 saturated carbocycles. The van der Waals surface area contributed by atoms with Crippen molar-refractivity contribution >= 4 is 5.91 Å². The molecule has 0 atom stereocenters. The summed E-state index contributed by atoms with van der Waals surface area (Å²) in [5.74, 6) is 0.297. The Kier molecular flexibility index (Phi) is 9.02. The molecule has 2 aromatic rings. The molecule has 1 amide bonds. The van der Waals surface area contributed by atoms with Gasteiger partial charge in [-0.3, -0.25) is 14.6 Å². The van der Waals surface area contributed by atoms with Gasteiger partial charge in [-0.05, 0) is 25.0 Å². The van der Waals surface area contributed by atoms with E-state index < -0.39 is 0 Å². The summed E-state index contributed by atoms with van der Waals surface area (Å²) in [5, 5.41) is 2.77. The van der Waals surface area contributed by atoms with Gasteiger partial charge in [0.15, 0.2) is 5.69 Å². The molecule has 2 heterocycles. The van der Waals surface area contributed by atoms with Crippen LogP contribution in [0.25, 0.3) is 0 Å². The zero-order valence-corrected chi connectivity index (χ0v) is 18.9. The summed E-state index contributed by atoms with van der Waals surface area (Å²) in [6, 6.07) is 6.54. The van der Waals surface area contributed by atoms with E-state index in [1.807, 2.05) is 0 Å². The monoisotopic (exact) mass is 430 g/mol. The fourth-order valence-corrected chi connectivity index (χ4v) is 3.57. The van der Waals surface area contributed by atoms with E-state index in [-0.39, 0.29) is 5.91 Å². The molecule has 1 aliphatic heterocycles. The lowest BCUT2D eigenvalue weighted by Crippen LogP contribution is -2.41. The number of nitrogens with zero attached hydrogens (tertiary/aromatic N) is 3. The normalized spacial score (nSPS) is 14.8. The zero-order chi connectivity index (χ0) is 22.1. The van der Waals surface area contributed by atoms with Gasteiger partial charge in [0, 0.05) is 46.4 Å². The molecule has 1 aromatic heterocycles. The third-order valence-corrected chi connectivity index (χ3v) is 5.47. The quantitative estimate of drug-likeness (QED) is 0.546. The standard InChI is InChI=1S/C23H34N4O4/c1-18-4-5-19(2)20(14-18)15-27(8-7-26-9-12-30-13-10-26)16-22-25-21(17-31-22)23(28)24-6-11-29-3/h4-5,14,17H,6-13,15-16H2,1-3H3,(H,24,28). The van der Waals surface area contributed by atoms with Crippen LogP contribution in [-0.4, -0.2) is 80.3 Å². The first-order chi connectivity index (χ1) is 15.0. The van der Waals surface area contributed by atoms with Crippen molar-refractivity contribution in [1.29, 1.82) is 0 Å². The van der Waals surface area contributed by atoms with Gasteiger partial charge in [-0.1, -0.05) is 23.8 Å². The number of hydrogen-bond acceptors (Lipinski definition) is 7. The van der Waals surface area contributed by atoms with E-state index in [0.717, 1.165) is 45.9 Å². The molecule has 0 spiro atoms. The Morgan fingerprint density at radius 1 is 1.26 bits per heavy atom. The number of aromatic nitrogens is 1. The fourth-order valence-electron chi connectivity index (χ4n) is 3.57. The number of morpholine rings is 1. The first-order valence-electron chi connectivity index (χ1n) is 10.9. The maximum Gasteiger partial charge on any atom is 0.273 e. The van der Waals surface area contributed by atoms with E-state index in [2.05, 4.69) is 52.1 Å². The smallest absolute Gasteiger partial charge is 0.273 e. The first-order valence-corrected chi connectivity index (χ1v) is 10.9. The lowest BCUT2D eigenvalue weighted by molar-refractivity contribution is 0.0320. The number of methoxy groups -OCH3 is 1. The zero-order valence-electron chi connectivity index (χ0n) is 18.9. The van der Waals surface area contributed by atoms with Crippen LogP contribution in [0.1, 0.15) is 33.1 Å². The molecule has 8 heteroatoms. The van der Waals surface area contributed by atoms with Crippen molar-refractivity contribution in [2.24, 2.45) is 0 Å². The summed E-state index contributed by atoms with van der Waals surface area (Å²) >= 11 is 0. The average Bonchev–Trinajstić information content (AvgIpc) is 3.24. The summed E-state index contributed by atoms with van der Waals surface area (Å²) in [6.45, 7) is 11.8. The summed E-state index contributed by atoms with van der Waals surface area (Å²) in [7, 11) is 1.60. The van der Waals surface area contributed by atoms with Crippen LogP contribution in [0.15, 0.2) is 28.9 Å². The number of rotatable bonds is 11. The van der Waals surface area contributed by atoms with Gasteiger partial charge >= 0.3 is 0 Å². The Morgan fingerprint density at radius 3 is 2.84 bits per heavy atom. The minimum absolute atomic E-state index is 0.249. The van der Waals surface area contributed by atoms with Gasteiger partial charge in [-0.25, -0.2) is 4.98 Å². The van der Waals surface area contributed by atoms with Gasteiger partial charge in [-0.2, -0.15) is 0 Å². The van der Waals surface area contributed by atoms with Crippen molar-refractivity contribution in [1.82, 2.24) is 20.1 Å². The summed E-state index contributed by atoms with van der Waals surface area (Å²) < 4.78 is 16.0. The van der Waals surface area contributed by atoms with Gasteiger partial charge in [-0.15, -0.1) is 0 Å². The summed E-state index contributed by atoms with van der Waals surface area (Å²) in [5.41, 5.74) is 4.12. The van der Waals surface area contributed by atoms with E-state index in [1.165, 1.54) is 23.0 Å². The molecule has 0 unspecified atom stereocenters. The third kappa shape index (κ3) is 7.43. The predicted molar refractivity (Wildman–Crippen MR) is 118 cm³/mol. The molecule has 3 rings (SSSR count). The Bertz CT molecular complexity index is 833. The number of amides is 1. The topological polar surface area (TPSA) is 80.1 Å². The van der Waals surface area contributed by atoms with Crippen LogP contribution in [0.5, 0.6) is 0 Å². The number of hydrogen-bond donors (Lipinski definition) is 1. The molecule has 8 nitrogen and oxygen atoms in total. The van der Waals surface area contributed by atoms with E-state index in [1.54, 1.807) is 7.11 Å². The Morgan fingerprint density at radius 2 is 2.06 bits per heavy atom. The van der Waals surface area contributed by atoms with Gasteiger partial charge in [0.05, 0.1) is 26.4 Å². The molecule has 170 valence electrons. The van der Waals surface area contributed by atoms with Crippen molar-refractivity contribution in [2.45, 2.75) is 26.9 Å². The molecule has 1 aromatic carbocycles. The van der Waals surface area contributed by atoms with Crippen LogP contribution in [0.2, 0.25) is 0 Å². The number of aryl methyl sites for hydroxylation is 2. The molecule has 0 bridgehead atoms. The second-order valence-corrected chi connectivity index (χ2v) is 7.97. The molecule has 1 N–H and O–H groups in total. The van der Waals surface area contributed by atoms with Crippen LogP contribution in [0, 0.1) is 13.8 Å². The van der Waals surface area contributed by atoms with E-state index in [0.29, 0.717) is 31.3 Å². The number of carbonyl (C=O) groups excluding carboxylic acids is 1. The van der Waals surface area contributed by atoms with E-state index in [4.69, 9.17) is 13.9 Å². The first kappa shape index (κ1) is 23.4. The van der Waals surface area contributed by atoms with Crippen LogP contribution in [-0.2, 0) is 22.6 Å². The predicted octanol–water partition coefficient (Wildman–Crippen LogP) is 2.00. The van der Waals surface area contributed by atoms with Crippen LogP contribution < -0.4 is 5.32 Å². The van der Waals surface area contributed by atoms with Gasteiger partial charge in [0.25, 0.3) is 5.91 Å². The van der Waals surface area contributed by atoms with Crippen LogP contribution in [0.3, 0.4) is 0 Å². The molecule has 1 fully saturated rings. The van der Waals surface area contributed by atoms with Gasteiger partial charge in [0.2, 0.25) is 5.89 Å². The molecule has 0 aliphatic carbocycles. The molecule has 1 aliphatic rings. The molecule has 1 saturated heterocycles. The van der Waals surface area contributed by atoms with Crippen molar-refractivity contribution in [3.63, 3.8) is 0 Å². The van der Waals surface area contributed by atoms with Crippen LogP contribution in [0.4, 0.5) is 0 Å². The highest BCUT2D eigenvalue weighted by atomic mass is 16.5. The van der Waals surface area contributed by atoms with Crippen molar-refractivity contribution < 1.29 is 18.7 Å². The number of carbonyl (C=O) groups is 1. The number of nitrogens with one attached hydrogen (secondary N) is 1. The SMILES string of the molecule is COCCNC(=O)c1coc(CN(CCN2CCOCC2)Cc2cc(C)ccc2C)n1. The highest BCUT2D eigenvalue weighted by Crippen LogP contribution is 2.16. The Labute approximate surface area is 184 Å². The summed E-state index contributed by atoms with van der Waals surface area (Å²) in [6.07, 6.45) is 1.43. The van der Waals surface area contributed by atoms with Gasteiger partial charge < -0.3 is 19.2 Å². The Hall–Kier alpha value is -2.26. The van der Waals surface area contributed by atoms with Crippen molar-refractivity contribution in [2.75, 3.05) is 59.7 Å². The average molecular weight is 431 g/mol. The van der Waals surface area contributed by atoms with Crippen molar-refractivity contribution in [3.8, 4) is 0 Å². The van der Waals surface area contributed by atoms with Crippen molar-refractivity contribution in [3.05, 3.63) is 52.7 Å². The fraction of sp³-hybridized carbons (Fsp3) is 0.565. The molecular formula is C23H34N4O4. The number of benzene rings is 1. The van der Waals surface area contributed by atoms with E-state index >= 15 is 0 Å². The molecule has 0 radical (unpaired) electrons. The number of ether oxygens (including phenoxy) is 2. The highest BCUT2D eigenvalue weighted by molar-refractivity contribution is 5.91. The maximum absolute atomic E-state index is 12.2. The highest BCUT2D eigenvalue weighted by Gasteiger charge is 2.18. The Balaban J connectivity index is 1.65. The van der Waals surface area contributed by atoms with Crippen LogP contribution >= 0.6 is 0 Å². The number of oxazole rings is 1. The minimum Gasteiger partial charge on any atom is -0.447 e. The lowest BCUT2D eigenvalue weighted by Gasteiger charge is -2.30. The van der Waals surface area contributed by atoms with E-state index in [9.17, 15) is 4.79 Å². The second kappa shape index (κ2) is 12.0. The second-order valence-electron chi connectivity index (χ2n) is 7.97. The lowest BCUT2D eigenvalue weighted by atomic mass is 10.1. The molecule has 31 heavy (non-hydrogen) atoms. The third-order valence-electron chi connectivity index (χ3n) is 5.47. The van der Waals surface area contributed by atoms with Gasteiger partial charge in [0.1, 0.15) is 6.26 Å². The minimum atomic E-state index is -0.249.